The molecule has 1 aromatic heterocycles. The number of rotatable bonds is 4. The molecule has 0 aliphatic carbocycles. The Morgan fingerprint density at radius 2 is 1.56 bits per heavy atom. The summed E-state index contributed by atoms with van der Waals surface area (Å²) in [5.41, 5.74) is 3.77. The van der Waals surface area contributed by atoms with Gasteiger partial charge in [-0.3, -0.25) is 4.98 Å². The van der Waals surface area contributed by atoms with Crippen molar-refractivity contribution < 1.29 is 0 Å². The van der Waals surface area contributed by atoms with E-state index in [-0.39, 0.29) is 0 Å². The maximum atomic E-state index is 4.02. The normalized spacial score (nSPS) is 10.3. The predicted octanol–water partition coefficient (Wildman–Crippen LogP) is 2.86. The molecule has 0 spiro atoms. The molecule has 2 rings (SSSR count). The Morgan fingerprint density at radius 1 is 0.938 bits per heavy atom. The van der Waals surface area contributed by atoms with Crippen LogP contribution < -0.4 is 5.32 Å². The quantitative estimate of drug-likeness (QED) is 0.843. The van der Waals surface area contributed by atoms with Crippen LogP contribution in [-0.4, -0.2) is 11.5 Å². The molecule has 0 aliphatic rings. The lowest BCUT2D eigenvalue weighted by atomic mass is 10.1. The third kappa shape index (κ3) is 2.67. The molecule has 2 heteroatoms. The van der Waals surface area contributed by atoms with Gasteiger partial charge in [-0.25, -0.2) is 0 Å². The predicted molar refractivity (Wildman–Crippen MR) is 67.1 cm³/mol. The molecule has 2 aromatic rings. The molecule has 2 nitrogen and oxygen atoms in total. The highest BCUT2D eigenvalue weighted by molar-refractivity contribution is 5.62. The first kappa shape index (κ1) is 10.8. The van der Waals surface area contributed by atoms with Gasteiger partial charge in [0.15, 0.2) is 0 Å². The van der Waals surface area contributed by atoms with Crippen molar-refractivity contribution in [2.24, 2.45) is 0 Å². The minimum atomic E-state index is 0.938. The molecular formula is C14H16N2. The van der Waals surface area contributed by atoms with E-state index in [0.717, 1.165) is 13.1 Å². The monoisotopic (exact) mass is 212 g/mol. The van der Waals surface area contributed by atoms with Gasteiger partial charge in [0.05, 0.1) is 0 Å². The maximum Gasteiger partial charge on any atom is 0.0273 e. The van der Waals surface area contributed by atoms with Crippen molar-refractivity contribution in [3.8, 4) is 11.1 Å². The Kier molecular flexibility index (Phi) is 3.67. The Bertz CT molecular complexity index is 420. The lowest BCUT2D eigenvalue weighted by Gasteiger charge is -2.04. The van der Waals surface area contributed by atoms with Gasteiger partial charge in [-0.05, 0) is 35.4 Å². The van der Waals surface area contributed by atoms with Crippen molar-refractivity contribution in [2.45, 2.75) is 13.5 Å². The molecule has 0 saturated heterocycles. The minimum absolute atomic E-state index is 0.938. The highest BCUT2D eigenvalue weighted by Gasteiger charge is 1.96. The van der Waals surface area contributed by atoms with Crippen LogP contribution in [-0.2, 0) is 6.54 Å². The van der Waals surface area contributed by atoms with Crippen molar-refractivity contribution in [1.82, 2.24) is 10.3 Å². The number of aromatic nitrogens is 1. The van der Waals surface area contributed by atoms with Gasteiger partial charge in [-0.1, -0.05) is 31.2 Å². The Morgan fingerprint density at radius 3 is 2.19 bits per heavy atom. The number of pyridine rings is 1. The minimum Gasteiger partial charge on any atom is -0.313 e. The molecule has 0 unspecified atom stereocenters. The maximum absolute atomic E-state index is 4.02. The number of nitrogens with zero attached hydrogens (tertiary/aromatic N) is 1. The van der Waals surface area contributed by atoms with Crippen molar-refractivity contribution >= 4 is 0 Å². The fourth-order valence-corrected chi connectivity index (χ4v) is 1.63. The number of hydrogen-bond donors (Lipinski definition) is 1. The van der Waals surface area contributed by atoms with Gasteiger partial charge >= 0.3 is 0 Å². The Hall–Kier alpha value is -1.67. The zero-order chi connectivity index (χ0) is 11.2. The van der Waals surface area contributed by atoms with Crippen LogP contribution in [0.1, 0.15) is 12.5 Å². The van der Waals surface area contributed by atoms with Crippen LogP contribution in [0.2, 0.25) is 0 Å². The first-order valence-electron chi connectivity index (χ1n) is 5.60. The Balaban J connectivity index is 2.13. The average molecular weight is 212 g/mol. The molecule has 0 fully saturated rings. The standard InChI is InChI=1S/C14H16N2/c1-2-15-11-12-3-5-13(6-4-12)14-7-9-16-10-8-14/h3-10,15H,2,11H2,1H3. The Labute approximate surface area is 96.4 Å². The summed E-state index contributed by atoms with van der Waals surface area (Å²) in [5, 5.41) is 3.31. The van der Waals surface area contributed by atoms with E-state index in [1.165, 1.54) is 16.7 Å². The summed E-state index contributed by atoms with van der Waals surface area (Å²) in [6.07, 6.45) is 3.64. The summed E-state index contributed by atoms with van der Waals surface area (Å²) in [5.74, 6) is 0. The molecule has 0 amide bonds. The first-order chi connectivity index (χ1) is 7.90. The fraction of sp³-hybridized carbons (Fsp3) is 0.214. The van der Waals surface area contributed by atoms with Gasteiger partial charge in [0, 0.05) is 18.9 Å². The van der Waals surface area contributed by atoms with Gasteiger partial charge < -0.3 is 5.32 Å². The third-order valence-corrected chi connectivity index (χ3v) is 2.55. The van der Waals surface area contributed by atoms with Crippen LogP contribution >= 0.6 is 0 Å². The second kappa shape index (κ2) is 5.42. The van der Waals surface area contributed by atoms with E-state index < -0.39 is 0 Å². The van der Waals surface area contributed by atoms with E-state index in [1.807, 2.05) is 24.5 Å². The van der Waals surface area contributed by atoms with Gasteiger partial charge in [-0.15, -0.1) is 0 Å². The second-order valence-corrected chi connectivity index (χ2v) is 3.71. The van der Waals surface area contributed by atoms with E-state index in [2.05, 4.69) is 41.5 Å². The molecule has 16 heavy (non-hydrogen) atoms. The van der Waals surface area contributed by atoms with E-state index >= 15 is 0 Å². The molecule has 0 atom stereocenters. The zero-order valence-corrected chi connectivity index (χ0v) is 9.48. The van der Waals surface area contributed by atoms with E-state index in [0.29, 0.717) is 0 Å². The third-order valence-electron chi connectivity index (χ3n) is 2.55. The summed E-state index contributed by atoms with van der Waals surface area (Å²) >= 11 is 0. The highest BCUT2D eigenvalue weighted by atomic mass is 14.8. The number of hydrogen-bond acceptors (Lipinski definition) is 2. The van der Waals surface area contributed by atoms with Crippen LogP contribution in [0.3, 0.4) is 0 Å². The number of benzene rings is 1. The summed E-state index contributed by atoms with van der Waals surface area (Å²) in [6, 6.07) is 12.7. The van der Waals surface area contributed by atoms with E-state index in [4.69, 9.17) is 0 Å². The average Bonchev–Trinajstić information content (AvgIpc) is 2.38. The van der Waals surface area contributed by atoms with Gasteiger partial charge in [0.25, 0.3) is 0 Å². The molecule has 1 aromatic carbocycles. The van der Waals surface area contributed by atoms with E-state index in [1.54, 1.807) is 0 Å². The topological polar surface area (TPSA) is 24.9 Å². The smallest absolute Gasteiger partial charge is 0.0273 e. The van der Waals surface area contributed by atoms with E-state index in [9.17, 15) is 0 Å². The molecule has 0 saturated carbocycles. The zero-order valence-electron chi connectivity index (χ0n) is 9.48. The highest BCUT2D eigenvalue weighted by Crippen LogP contribution is 2.18. The van der Waals surface area contributed by atoms with Crippen molar-refractivity contribution in [3.63, 3.8) is 0 Å². The molecule has 82 valence electrons. The summed E-state index contributed by atoms with van der Waals surface area (Å²) in [4.78, 5) is 4.02. The van der Waals surface area contributed by atoms with Crippen LogP contribution in [0.25, 0.3) is 11.1 Å². The largest absolute Gasteiger partial charge is 0.313 e. The number of nitrogens with one attached hydrogen (secondary N) is 1. The molecule has 0 aliphatic heterocycles. The van der Waals surface area contributed by atoms with Crippen molar-refractivity contribution in [3.05, 3.63) is 54.4 Å². The lowest BCUT2D eigenvalue weighted by molar-refractivity contribution is 0.727. The van der Waals surface area contributed by atoms with Gasteiger partial charge in [0.2, 0.25) is 0 Å². The molecule has 0 bridgehead atoms. The fourth-order valence-electron chi connectivity index (χ4n) is 1.63. The molecule has 0 radical (unpaired) electrons. The molecule has 1 heterocycles. The van der Waals surface area contributed by atoms with Crippen LogP contribution in [0.4, 0.5) is 0 Å². The van der Waals surface area contributed by atoms with Crippen molar-refractivity contribution in [2.75, 3.05) is 6.54 Å². The van der Waals surface area contributed by atoms with Crippen LogP contribution in [0.15, 0.2) is 48.8 Å². The van der Waals surface area contributed by atoms with Crippen molar-refractivity contribution in [1.29, 1.82) is 0 Å². The molecule has 1 N–H and O–H groups in total. The van der Waals surface area contributed by atoms with Gasteiger partial charge in [0.1, 0.15) is 0 Å². The van der Waals surface area contributed by atoms with Crippen LogP contribution in [0.5, 0.6) is 0 Å². The lowest BCUT2D eigenvalue weighted by Crippen LogP contribution is -2.11. The van der Waals surface area contributed by atoms with Gasteiger partial charge in [-0.2, -0.15) is 0 Å². The molecular weight excluding hydrogens is 196 g/mol. The van der Waals surface area contributed by atoms with Crippen LogP contribution in [0, 0.1) is 0 Å². The summed E-state index contributed by atoms with van der Waals surface area (Å²) in [7, 11) is 0. The second-order valence-electron chi connectivity index (χ2n) is 3.71. The summed E-state index contributed by atoms with van der Waals surface area (Å²) in [6.45, 7) is 4.06. The SMILES string of the molecule is CCNCc1ccc(-c2ccncc2)cc1. The first-order valence-corrected chi connectivity index (χ1v) is 5.60. The summed E-state index contributed by atoms with van der Waals surface area (Å²) < 4.78 is 0.